The quantitative estimate of drug-likeness (QED) is 0.716. The molecule has 1 heterocycles. The van der Waals surface area contributed by atoms with Gasteiger partial charge in [-0.3, -0.25) is 0 Å². The molecule has 0 spiro atoms. The van der Waals surface area contributed by atoms with E-state index in [0.29, 0.717) is 26.2 Å². The van der Waals surface area contributed by atoms with Gasteiger partial charge in [0.25, 0.3) is 10.2 Å². The van der Waals surface area contributed by atoms with Crippen molar-refractivity contribution in [3.63, 3.8) is 0 Å². The Morgan fingerprint density at radius 1 is 1.56 bits per heavy atom. The molecule has 0 aromatic carbocycles. The summed E-state index contributed by atoms with van der Waals surface area (Å²) in [7, 11) is -0.236. The number of methoxy groups -OCH3 is 1. The van der Waals surface area contributed by atoms with Crippen molar-refractivity contribution in [3.8, 4) is 0 Å². The Hall–Kier alpha value is 0.0800. The first-order chi connectivity index (χ1) is 6.98. The molecule has 0 amide bonds. The Morgan fingerprint density at radius 3 is 2.62 bits per heavy atom. The third-order valence-corrected chi connectivity index (χ3v) is 4.47. The van der Waals surface area contributed by atoms with Crippen LogP contribution in [0.3, 0.4) is 0 Å². The molecule has 0 radical (unpaired) electrons. The molecule has 2 N–H and O–H groups in total. The van der Waals surface area contributed by atoms with Crippen molar-refractivity contribution in [1.82, 2.24) is 8.61 Å². The first kappa shape index (κ1) is 16.1. The lowest BCUT2D eigenvalue weighted by atomic mass is 10.3. The van der Waals surface area contributed by atoms with Crippen molar-refractivity contribution in [2.45, 2.75) is 12.5 Å². The van der Waals surface area contributed by atoms with E-state index in [0.717, 1.165) is 6.42 Å². The van der Waals surface area contributed by atoms with Crippen LogP contribution in [0, 0.1) is 0 Å². The molecule has 98 valence electrons. The lowest BCUT2D eigenvalue weighted by molar-refractivity contribution is 0.183. The highest BCUT2D eigenvalue weighted by atomic mass is 35.5. The minimum Gasteiger partial charge on any atom is -0.383 e. The number of hydrogen-bond donors (Lipinski definition) is 1. The number of nitrogens with two attached hydrogens (primary N) is 1. The predicted octanol–water partition coefficient (Wildman–Crippen LogP) is -0.736. The van der Waals surface area contributed by atoms with Crippen molar-refractivity contribution >= 4 is 22.6 Å². The summed E-state index contributed by atoms with van der Waals surface area (Å²) < 4.78 is 31.4. The van der Waals surface area contributed by atoms with E-state index in [-0.39, 0.29) is 18.4 Å². The summed E-state index contributed by atoms with van der Waals surface area (Å²) in [5, 5.41) is 0. The van der Waals surface area contributed by atoms with E-state index >= 15 is 0 Å². The van der Waals surface area contributed by atoms with Gasteiger partial charge < -0.3 is 10.5 Å². The maximum atomic E-state index is 11.9. The average Bonchev–Trinajstić information content (AvgIpc) is 2.61. The lowest BCUT2D eigenvalue weighted by Gasteiger charge is -2.23. The van der Waals surface area contributed by atoms with Crippen LogP contribution in [0.4, 0.5) is 0 Å². The van der Waals surface area contributed by atoms with Crippen molar-refractivity contribution in [2.24, 2.45) is 5.73 Å². The van der Waals surface area contributed by atoms with E-state index in [1.54, 1.807) is 14.2 Å². The van der Waals surface area contributed by atoms with E-state index in [9.17, 15) is 8.42 Å². The van der Waals surface area contributed by atoms with Gasteiger partial charge in [0.2, 0.25) is 0 Å². The van der Waals surface area contributed by atoms with Crippen LogP contribution in [-0.4, -0.2) is 63.5 Å². The molecule has 1 saturated heterocycles. The number of likely N-dealkylation sites (N-methyl/N-ethyl adjacent to an activating group) is 1. The molecule has 1 atom stereocenters. The number of ether oxygens (including phenoxy) is 1. The smallest absolute Gasteiger partial charge is 0.281 e. The molecule has 1 rings (SSSR count). The van der Waals surface area contributed by atoms with Gasteiger partial charge in [0.1, 0.15) is 0 Å². The molecule has 0 bridgehead atoms. The van der Waals surface area contributed by atoms with Crippen molar-refractivity contribution in [2.75, 3.05) is 40.4 Å². The van der Waals surface area contributed by atoms with Gasteiger partial charge in [-0.1, -0.05) is 0 Å². The first-order valence-corrected chi connectivity index (χ1v) is 6.34. The van der Waals surface area contributed by atoms with Gasteiger partial charge in [0, 0.05) is 39.8 Å². The number of halogens is 1. The van der Waals surface area contributed by atoms with Gasteiger partial charge in [-0.25, -0.2) is 0 Å². The second kappa shape index (κ2) is 6.73. The van der Waals surface area contributed by atoms with E-state index in [2.05, 4.69) is 0 Å². The highest BCUT2D eigenvalue weighted by molar-refractivity contribution is 7.86. The summed E-state index contributed by atoms with van der Waals surface area (Å²) in [6, 6.07) is -0.0319. The van der Waals surface area contributed by atoms with Crippen LogP contribution in [0.2, 0.25) is 0 Å². The van der Waals surface area contributed by atoms with Gasteiger partial charge in [-0.2, -0.15) is 17.0 Å². The molecule has 8 heteroatoms. The minimum atomic E-state index is -3.34. The summed E-state index contributed by atoms with van der Waals surface area (Å²) in [4.78, 5) is 0. The normalized spacial score (nSPS) is 22.4. The molecular formula is C8H20ClN3O3S. The third kappa shape index (κ3) is 3.83. The number of rotatable bonds is 5. The highest BCUT2D eigenvalue weighted by Crippen LogP contribution is 2.14. The monoisotopic (exact) mass is 273 g/mol. The van der Waals surface area contributed by atoms with E-state index in [1.807, 2.05) is 0 Å². The van der Waals surface area contributed by atoms with Crippen LogP contribution >= 0.6 is 12.4 Å². The third-order valence-electron chi connectivity index (χ3n) is 2.52. The van der Waals surface area contributed by atoms with Gasteiger partial charge in [-0.05, 0) is 6.42 Å². The highest BCUT2D eigenvalue weighted by Gasteiger charge is 2.32. The van der Waals surface area contributed by atoms with Gasteiger partial charge >= 0.3 is 0 Å². The van der Waals surface area contributed by atoms with Crippen LogP contribution < -0.4 is 5.73 Å². The lowest BCUT2D eigenvalue weighted by Crippen LogP contribution is -2.42. The molecule has 0 unspecified atom stereocenters. The van der Waals surface area contributed by atoms with E-state index in [1.165, 1.54) is 8.61 Å². The van der Waals surface area contributed by atoms with Gasteiger partial charge in [-0.15, -0.1) is 12.4 Å². The fourth-order valence-electron chi connectivity index (χ4n) is 1.50. The van der Waals surface area contributed by atoms with E-state index in [4.69, 9.17) is 10.5 Å². The molecular weight excluding hydrogens is 254 g/mol. The average molecular weight is 274 g/mol. The second-order valence-electron chi connectivity index (χ2n) is 3.73. The summed E-state index contributed by atoms with van der Waals surface area (Å²) in [6.45, 7) is 1.70. The summed E-state index contributed by atoms with van der Waals surface area (Å²) >= 11 is 0. The standard InChI is InChI=1S/C8H19N3O3S.ClH/c1-10(5-6-14-2)15(12,13)11-4-3-8(9)7-11;/h8H,3-7,9H2,1-2H3;1H/t8-;/m1./s1. The zero-order valence-electron chi connectivity index (χ0n) is 9.63. The van der Waals surface area contributed by atoms with Crippen LogP contribution in [0.1, 0.15) is 6.42 Å². The maximum absolute atomic E-state index is 11.9. The molecule has 1 fully saturated rings. The van der Waals surface area contributed by atoms with Gasteiger partial charge in [0.15, 0.2) is 0 Å². The summed E-state index contributed by atoms with van der Waals surface area (Å²) in [5.74, 6) is 0. The van der Waals surface area contributed by atoms with Crippen LogP contribution in [0.25, 0.3) is 0 Å². The molecule has 1 aliphatic rings. The fourth-order valence-corrected chi connectivity index (χ4v) is 2.91. The van der Waals surface area contributed by atoms with Crippen LogP contribution in [0.5, 0.6) is 0 Å². The molecule has 0 saturated carbocycles. The molecule has 0 aromatic heterocycles. The Morgan fingerprint density at radius 2 is 2.19 bits per heavy atom. The van der Waals surface area contributed by atoms with Crippen LogP contribution in [0.15, 0.2) is 0 Å². The molecule has 16 heavy (non-hydrogen) atoms. The van der Waals surface area contributed by atoms with Crippen molar-refractivity contribution in [3.05, 3.63) is 0 Å². The predicted molar refractivity (Wildman–Crippen MR) is 64.8 cm³/mol. The second-order valence-corrected chi connectivity index (χ2v) is 5.76. The number of nitrogens with zero attached hydrogens (tertiary/aromatic N) is 2. The van der Waals surface area contributed by atoms with Crippen LogP contribution in [-0.2, 0) is 14.9 Å². The number of hydrogen-bond acceptors (Lipinski definition) is 4. The van der Waals surface area contributed by atoms with E-state index < -0.39 is 10.2 Å². The van der Waals surface area contributed by atoms with Gasteiger partial charge in [0.05, 0.1) is 6.61 Å². The minimum absolute atomic E-state index is 0. The Kier molecular flexibility index (Phi) is 6.76. The topological polar surface area (TPSA) is 75.9 Å². The SMILES string of the molecule is COCCN(C)S(=O)(=O)N1CC[C@@H](N)C1.Cl. The molecule has 0 aromatic rings. The van der Waals surface area contributed by atoms with Crippen molar-refractivity contribution in [1.29, 1.82) is 0 Å². The Bertz CT molecular complexity index is 299. The Balaban J connectivity index is 0.00000225. The zero-order valence-corrected chi connectivity index (χ0v) is 11.3. The fraction of sp³-hybridized carbons (Fsp3) is 1.00. The van der Waals surface area contributed by atoms with Crippen molar-refractivity contribution < 1.29 is 13.2 Å². The Labute approximate surface area is 103 Å². The molecule has 1 aliphatic heterocycles. The summed E-state index contributed by atoms with van der Waals surface area (Å²) in [5.41, 5.74) is 5.67. The summed E-state index contributed by atoms with van der Waals surface area (Å²) in [6.07, 6.45) is 0.733. The zero-order chi connectivity index (χ0) is 11.5. The molecule has 0 aliphatic carbocycles. The largest absolute Gasteiger partial charge is 0.383 e. The first-order valence-electron chi connectivity index (χ1n) is 4.94. The maximum Gasteiger partial charge on any atom is 0.281 e. The molecule has 6 nitrogen and oxygen atoms in total.